The molecule has 3 rings (SSSR count). The van der Waals surface area contributed by atoms with Crippen LogP contribution in [0.25, 0.3) is 16.7 Å². The summed E-state index contributed by atoms with van der Waals surface area (Å²) in [6.07, 6.45) is 2.32. The van der Waals surface area contributed by atoms with Crippen LogP contribution in [0.2, 0.25) is 0 Å². The van der Waals surface area contributed by atoms with Gasteiger partial charge in [0.15, 0.2) is 0 Å². The Balaban J connectivity index is 1.66. The van der Waals surface area contributed by atoms with Gasteiger partial charge in [-0.05, 0) is 29.2 Å². The lowest BCUT2D eigenvalue weighted by atomic mass is 10.0. The highest BCUT2D eigenvalue weighted by atomic mass is 16.5. The molecule has 1 fully saturated rings. The van der Waals surface area contributed by atoms with E-state index < -0.39 is 0 Å². The Hall–Kier alpha value is -1.90. The van der Waals surface area contributed by atoms with E-state index in [0.717, 1.165) is 32.8 Å². The summed E-state index contributed by atoms with van der Waals surface area (Å²) < 4.78 is 5.38. The second-order valence-electron chi connectivity index (χ2n) is 5.74. The van der Waals surface area contributed by atoms with E-state index in [1.807, 2.05) is 0 Å². The molecule has 0 N–H and O–H groups in total. The minimum atomic E-state index is 0.860. The fourth-order valence-corrected chi connectivity index (χ4v) is 2.72. The Morgan fingerprint density at radius 2 is 1.59 bits per heavy atom. The Morgan fingerprint density at radius 3 is 2.27 bits per heavy atom. The second kappa shape index (κ2) is 7.39. The predicted molar refractivity (Wildman–Crippen MR) is 92.8 cm³/mol. The molecule has 0 spiro atoms. The molecule has 0 aromatic heterocycles. The molecule has 2 aromatic rings. The number of hydrogen-bond donors (Lipinski definition) is 0. The molecule has 0 atom stereocenters. The van der Waals surface area contributed by atoms with Gasteiger partial charge in [0.25, 0.3) is 0 Å². The van der Waals surface area contributed by atoms with Gasteiger partial charge in [-0.1, -0.05) is 60.7 Å². The normalized spacial score (nSPS) is 16.7. The first-order chi connectivity index (χ1) is 10.8. The van der Waals surface area contributed by atoms with Crippen molar-refractivity contribution < 1.29 is 4.74 Å². The standard InChI is InChI=1S/C20H23NO/c1-17(11-12-21-13-15-22-16-14-21)18-7-9-20(10-8-18)19-5-3-2-4-6-19/h2-11H,12-16H2,1H3/b17-11-. The SMILES string of the molecule is C/C(=C/CN1CCOCC1)c1ccc(-c2ccccc2)cc1. The Labute approximate surface area is 133 Å². The van der Waals surface area contributed by atoms with Crippen LogP contribution in [0.1, 0.15) is 12.5 Å². The van der Waals surface area contributed by atoms with E-state index in [2.05, 4.69) is 72.5 Å². The van der Waals surface area contributed by atoms with Crippen LogP contribution in [0.15, 0.2) is 60.7 Å². The minimum Gasteiger partial charge on any atom is -0.379 e. The Morgan fingerprint density at radius 1 is 0.955 bits per heavy atom. The summed E-state index contributed by atoms with van der Waals surface area (Å²) in [5.74, 6) is 0. The number of benzene rings is 2. The first-order valence-electron chi connectivity index (χ1n) is 7.96. The van der Waals surface area contributed by atoms with Crippen LogP contribution in [-0.4, -0.2) is 37.7 Å². The summed E-state index contributed by atoms with van der Waals surface area (Å²) in [5.41, 5.74) is 5.17. The van der Waals surface area contributed by atoms with Crippen molar-refractivity contribution in [3.63, 3.8) is 0 Å². The molecule has 0 saturated carbocycles. The highest BCUT2D eigenvalue weighted by Gasteiger charge is 2.08. The van der Waals surface area contributed by atoms with E-state index >= 15 is 0 Å². The number of hydrogen-bond acceptors (Lipinski definition) is 2. The number of nitrogens with zero attached hydrogens (tertiary/aromatic N) is 1. The van der Waals surface area contributed by atoms with Crippen molar-refractivity contribution in [2.24, 2.45) is 0 Å². The van der Waals surface area contributed by atoms with E-state index in [9.17, 15) is 0 Å². The second-order valence-corrected chi connectivity index (χ2v) is 5.74. The number of rotatable bonds is 4. The van der Waals surface area contributed by atoms with Crippen molar-refractivity contribution in [1.82, 2.24) is 4.90 Å². The first kappa shape index (κ1) is 15.0. The molecule has 1 aliphatic rings. The fourth-order valence-electron chi connectivity index (χ4n) is 2.72. The van der Waals surface area contributed by atoms with Crippen LogP contribution in [0.3, 0.4) is 0 Å². The fraction of sp³-hybridized carbons (Fsp3) is 0.300. The molecule has 22 heavy (non-hydrogen) atoms. The Bertz CT molecular complexity index is 610. The maximum absolute atomic E-state index is 5.38. The molecule has 1 aliphatic heterocycles. The lowest BCUT2D eigenvalue weighted by Gasteiger charge is -2.25. The van der Waals surface area contributed by atoms with Crippen molar-refractivity contribution in [2.75, 3.05) is 32.8 Å². The van der Waals surface area contributed by atoms with Crippen molar-refractivity contribution in [1.29, 1.82) is 0 Å². The van der Waals surface area contributed by atoms with Gasteiger partial charge in [0.2, 0.25) is 0 Å². The molecule has 0 bridgehead atoms. The van der Waals surface area contributed by atoms with Gasteiger partial charge in [-0.15, -0.1) is 0 Å². The van der Waals surface area contributed by atoms with Crippen molar-refractivity contribution in [2.45, 2.75) is 6.92 Å². The topological polar surface area (TPSA) is 12.5 Å². The third-order valence-electron chi connectivity index (χ3n) is 4.21. The van der Waals surface area contributed by atoms with E-state index in [1.54, 1.807) is 0 Å². The zero-order valence-corrected chi connectivity index (χ0v) is 13.2. The average molecular weight is 293 g/mol. The summed E-state index contributed by atoms with van der Waals surface area (Å²) in [6, 6.07) is 19.4. The quantitative estimate of drug-likeness (QED) is 0.842. The molecule has 0 unspecified atom stereocenters. The van der Waals surface area contributed by atoms with Crippen LogP contribution >= 0.6 is 0 Å². The van der Waals surface area contributed by atoms with Gasteiger partial charge in [0.05, 0.1) is 13.2 Å². The predicted octanol–water partition coefficient (Wildman–Crippen LogP) is 4.09. The third-order valence-corrected chi connectivity index (χ3v) is 4.21. The molecule has 2 heteroatoms. The van der Waals surface area contributed by atoms with E-state index in [0.29, 0.717) is 0 Å². The largest absolute Gasteiger partial charge is 0.379 e. The lowest BCUT2D eigenvalue weighted by Crippen LogP contribution is -2.36. The van der Waals surface area contributed by atoms with Gasteiger partial charge in [0, 0.05) is 19.6 Å². The number of allylic oxidation sites excluding steroid dienone is 1. The monoisotopic (exact) mass is 293 g/mol. The number of morpholine rings is 1. The zero-order valence-electron chi connectivity index (χ0n) is 13.2. The van der Waals surface area contributed by atoms with Gasteiger partial charge in [-0.3, -0.25) is 4.90 Å². The lowest BCUT2D eigenvalue weighted by molar-refractivity contribution is 0.0435. The van der Waals surface area contributed by atoms with Gasteiger partial charge in [0.1, 0.15) is 0 Å². The molecule has 0 amide bonds. The maximum Gasteiger partial charge on any atom is 0.0594 e. The van der Waals surface area contributed by atoms with Gasteiger partial charge in [-0.25, -0.2) is 0 Å². The highest BCUT2D eigenvalue weighted by molar-refractivity contribution is 5.69. The maximum atomic E-state index is 5.38. The third kappa shape index (κ3) is 3.85. The van der Waals surface area contributed by atoms with Crippen molar-refractivity contribution in [3.8, 4) is 11.1 Å². The molecular formula is C20H23NO. The molecule has 2 aromatic carbocycles. The summed E-state index contributed by atoms with van der Waals surface area (Å²) in [6.45, 7) is 7.00. The molecule has 0 radical (unpaired) electrons. The van der Waals surface area contributed by atoms with Gasteiger partial charge < -0.3 is 4.74 Å². The van der Waals surface area contributed by atoms with Crippen molar-refractivity contribution in [3.05, 3.63) is 66.2 Å². The Kier molecular flexibility index (Phi) is 5.04. The smallest absolute Gasteiger partial charge is 0.0594 e. The van der Waals surface area contributed by atoms with E-state index in [4.69, 9.17) is 4.74 Å². The highest BCUT2D eigenvalue weighted by Crippen LogP contribution is 2.22. The number of ether oxygens (including phenoxy) is 1. The average Bonchev–Trinajstić information content (AvgIpc) is 2.61. The van der Waals surface area contributed by atoms with Crippen LogP contribution in [0, 0.1) is 0 Å². The van der Waals surface area contributed by atoms with E-state index in [1.165, 1.54) is 22.3 Å². The molecule has 0 aliphatic carbocycles. The van der Waals surface area contributed by atoms with Crippen LogP contribution in [0.5, 0.6) is 0 Å². The van der Waals surface area contributed by atoms with Crippen LogP contribution in [0.4, 0.5) is 0 Å². The molecule has 2 nitrogen and oxygen atoms in total. The van der Waals surface area contributed by atoms with Gasteiger partial charge in [-0.2, -0.15) is 0 Å². The summed E-state index contributed by atoms with van der Waals surface area (Å²) in [4.78, 5) is 2.44. The summed E-state index contributed by atoms with van der Waals surface area (Å²) in [5, 5.41) is 0. The van der Waals surface area contributed by atoms with Crippen molar-refractivity contribution >= 4 is 5.57 Å². The van der Waals surface area contributed by atoms with Crippen LogP contribution < -0.4 is 0 Å². The molecule has 1 saturated heterocycles. The first-order valence-corrected chi connectivity index (χ1v) is 7.96. The molecule has 114 valence electrons. The van der Waals surface area contributed by atoms with Crippen LogP contribution in [-0.2, 0) is 4.74 Å². The molecular weight excluding hydrogens is 270 g/mol. The summed E-state index contributed by atoms with van der Waals surface area (Å²) >= 11 is 0. The van der Waals surface area contributed by atoms with E-state index in [-0.39, 0.29) is 0 Å². The summed E-state index contributed by atoms with van der Waals surface area (Å²) in [7, 11) is 0. The molecule has 1 heterocycles. The van der Waals surface area contributed by atoms with Gasteiger partial charge >= 0.3 is 0 Å². The zero-order chi connectivity index (χ0) is 15.2. The minimum absolute atomic E-state index is 0.860.